The number of nitriles is 2. The topological polar surface area (TPSA) is 146 Å². The molecule has 3 rings (SSSR count). The number of anilines is 1. The number of aromatic nitrogens is 2. The molecule has 1 aromatic carbocycles. The molecule has 0 aliphatic heterocycles. The summed E-state index contributed by atoms with van der Waals surface area (Å²) in [6.45, 7) is 0. The maximum Gasteiger partial charge on any atom is 0.345 e. The molecule has 1 saturated carbocycles. The van der Waals surface area contributed by atoms with Gasteiger partial charge in [-0.3, -0.25) is 0 Å². The van der Waals surface area contributed by atoms with Gasteiger partial charge in [-0.15, -0.1) is 0 Å². The van der Waals surface area contributed by atoms with E-state index in [1.165, 1.54) is 0 Å². The molecule has 1 heterocycles. The Morgan fingerprint density at radius 2 is 2.08 bits per heavy atom. The Kier molecular flexibility index (Phi) is 4.19. The molecule has 0 spiro atoms. The van der Waals surface area contributed by atoms with Crippen molar-refractivity contribution in [2.24, 2.45) is 5.92 Å². The van der Waals surface area contributed by atoms with Gasteiger partial charge in [0.05, 0.1) is 23.6 Å². The Hall–Kier alpha value is -3.65. The number of benzene rings is 1. The van der Waals surface area contributed by atoms with Gasteiger partial charge in [0.1, 0.15) is 11.9 Å². The fourth-order valence-electron chi connectivity index (χ4n) is 2.53. The van der Waals surface area contributed by atoms with E-state index in [0.29, 0.717) is 24.0 Å². The lowest BCUT2D eigenvalue weighted by atomic mass is 9.83. The van der Waals surface area contributed by atoms with E-state index in [1.807, 2.05) is 6.07 Å². The molecular formula is C17H13N5O3. The van der Waals surface area contributed by atoms with Gasteiger partial charge in [-0.2, -0.15) is 15.5 Å². The molecule has 0 amide bonds. The van der Waals surface area contributed by atoms with E-state index in [0.717, 1.165) is 0 Å². The van der Waals surface area contributed by atoms with Gasteiger partial charge in [-0.25, -0.2) is 9.78 Å². The van der Waals surface area contributed by atoms with E-state index in [1.54, 1.807) is 24.3 Å². The zero-order chi connectivity index (χ0) is 18.0. The van der Waals surface area contributed by atoms with E-state index < -0.39 is 5.97 Å². The molecule has 1 fully saturated rings. The van der Waals surface area contributed by atoms with Gasteiger partial charge in [-0.1, -0.05) is 12.1 Å². The standard InChI is InChI=1S/C17H13N5O3/c18-7-9-2-1-3-11(4-9)15-21-14(20)13(17(23)24)16(22-15)25-12-5-10(6-12)8-19/h1-4,10,12H,5-6H2,(H,23,24)(H2,20,21,22)/t10-,12-. The third kappa shape index (κ3) is 3.19. The molecular weight excluding hydrogens is 322 g/mol. The van der Waals surface area contributed by atoms with Crippen LogP contribution >= 0.6 is 0 Å². The number of rotatable bonds is 4. The first-order valence-electron chi connectivity index (χ1n) is 7.49. The summed E-state index contributed by atoms with van der Waals surface area (Å²) in [7, 11) is 0. The Bertz CT molecular complexity index is 923. The highest BCUT2D eigenvalue weighted by atomic mass is 16.5. The summed E-state index contributed by atoms with van der Waals surface area (Å²) in [6, 6.07) is 10.7. The number of hydrogen-bond acceptors (Lipinski definition) is 7. The van der Waals surface area contributed by atoms with Crippen LogP contribution in [0.15, 0.2) is 24.3 Å². The number of carboxylic acids is 1. The average molecular weight is 335 g/mol. The number of ether oxygens (including phenoxy) is 1. The molecule has 2 aromatic rings. The van der Waals surface area contributed by atoms with Crippen molar-refractivity contribution in [2.75, 3.05) is 5.73 Å². The van der Waals surface area contributed by atoms with Gasteiger partial charge in [0.2, 0.25) is 5.88 Å². The van der Waals surface area contributed by atoms with Crippen LogP contribution in [0.4, 0.5) is 5.82 Å². The van der Waals surface area contributed by atoms with Crippen LogP contribution < -0.4 is 10.5 Å². The Labute approximate surface area is 143 Å². The number of carbonyl (C=O) groups is 1. The first-order chi connectivity index (χ1) is 12.0. The predicted octanol–water partition coefficient (Wildman–Crippen LogP) is 1.98. The summed E-state index contributed by atoms with van der Waals surface area (Å²) < 4.78 is 5.65. The summed E-state index contributed by atoms with van der Waals surface area (Å²) >= 11 is 0. The molecule has 8 nitrogen and oxygen atoms in total. The first kappa shape index (κ1) is 16.2. The molecule has 3 N–H and O–H groups in total. The molecule has 1 aromatic heterocycles. The Morgan fingerprint density at radius 3 is 2.72 bits per heavy atom. The van der Waals surface area contributed by atoms with E-state index in [4.69, 9.17) is 21.0 Å². The lowest BCUT2D eigenvalue weighted by molar-refractivity contribution is 0.0652. The van der Waals surface area contributed by atoms with Crippen LogP contribution in [0.3, 0.4) is 0 Å². The lowest BCUT2D eigenvalue weighted by Gasteiger charge is -2.30. The quantitative estimate of drug-likeness (QED) is 0.862. The third-order valence-electron chi connectivity index (χ3n) is 3.92. The highest BCUT2D eigenvalue weighted by Crippen LogP contribution is 2.33. The number of aromatic carboxylic acids is 1. The lowest BCUT2D eigenvalue weighted by Crippen LogP contribution is -2.33. The second-order valence-corrected chi connectivity index (χ2v) is 5.65. The molecule has 1 aliphatic carbocycles. The number of nitrogen functional groups attached to an aromatic ring is 1. The smallest absolute Gasteiger partial charge is 0.345 e. The minimum absolute atomic E-state index is 0.0933. The van der Waals surface area contributed by atoms with E-state index in [2.05, 4.69) is 16.0 Å². The summed E-state index contributed by atoms with van der Waals surface area (Å²) in [5, 5.41) is 27.2. The second-order valence-electron chi connectivity index (χ2n) is 5.65. The van der Waals surface area contributed by atoms with Crippen LogP contribution in [-0.2, 0) is 0 Å². The zero-order valence-electron chi connectivity index (χ0n) is 13.0. The maximum atomic E-state index is 11.5. The van der Waals surface area contributed by atoms with Crippen molar-refractivity contribution in [1.82, 2.24) is 9.97 Å². The van der Waals surface area contributed by atoms with Crippen molar-refractivity contribution in [3.63, 3.8) is 0 Å². The highest BCUT2D eigenvalue weighted by Gasteiger charge is 2.33. The fourth-order valence-corrected chi connectivity index (χ4v) is 2.53. The molecule has 8 heteroatoms. The van der Waals surface area contributed by atoms with Gasteiger partial charge < -0.3 is 15.6 Å². The van der Waals surface area contributed by atoms with E-state index in [9.17, 15) is 9.90 Å². The summed E-state index contributed by atoms with van der Waals surface area (Å²) in [4.78, 5) is 19.7. The van der Waals surface area contributed by atoms with Crippen molar-refractivity contribution in [1.29, 1.82) is 10.5 Å². The molecule has 0 unspecified atom stereocenters. The fraction of sp³-hybridized carbons (Fsp3) is 0.235. The maximum absolute atomic E-state index is 11.5. The van der Waals surface area contributed by atoms with Crippen LogP contribution in [-0.4, -0.2) is 27.1 Å². The van der Waals surface area contributed by atoms with Crippen molar-refractivity contribution >= 4 is 11.8 Å². The van der Waals surface area contributed by atoms with Crippen molar-refractivity contribution < 1.29 is 14.6 Å². The SMILES string of the molecule is N#Cc1cccc(-c2nc(N)c(C(=O)O)c(O[C@H]3C[C@H](C#N)C3)n2)c1. The number of hydrogen-bond donors (Lipinski definition) is 2. The van der Waals surface area contributed by atoms with Crippen LogP contribution in [0.1, 0.15) is 28.8 Å². The molecule has 0 radical (unpaired) electrons. The molecule has 0 bridgehead atoms. The van der Waals surface area contributed by atoms with E-state index in [-0.39, 0.29) is 35.1 Å². The average Bonchev–Trinajstić information content (AvgIpc) is 2.56. The van der Waals surface area contributed by atoms with E-state index >= 15 is 0 Å². The number of carboxylic acid groups (broad SMARTS) is 1. The van der Waals surface area contributed by atoms with Gasteiger partial charge >= 0.3 is 5.97 Å². The Morgan fingerprint density at radius 1 is 1.32 bits per heavy atom. The third-order valence-corrected chi connectivity index (χ3v) is 3.92. The molecule has 0 saturated heterocycles. The van der Waals surface area contributed by atoms with Crippen molar-refractivity contribution in [3.8, 4) is 29.4 Å². The van der Waals surface area contributed by atoms with Gasteiger partial charge in [-0.05, 0) is 12.1 Å². The van der Waals surface area contributed by atoms with Crippen LogP contribution in [0.25, 0.3) is 11.4 Å². The summed E-state index contributed by atoms with van der Waals surface area (Å²) in [5.41, 5.74) is 6.43. The number of nitrogens with two attached hydrogens (primary N) is 1. The second kappa shape index (κ2) is 6.46. The minimum atomic E-state index is -1.29. The molecule has 0 atom stereocenters. The van der Waals surface area contributed by atoms with Crippen LogP contribution in [0, 0.1) is 28.6 Å². The first-order valence-corrected chi connectivity index (χ1v) is 7.49. The monoisotopic (exact) mass is 335 g/mol. The highest BCUT2D eigenvalue weighted by molar-refractivity contribution is 5.95. The number of nitrogens with zero attached hydrogens (tertiary/aromatic N) is 4. The minimum Gasteiger partial charge on any atom is -0.477 e. The van der Waals surface area contributed by atoms with Crippen LogP contribution in [0.5, 0.6) is 5.88 Å². The van der Waals surface area contributed by atoms with Crippen molar-refractivity contribution in [3.05, 3.63) is 35.4 Å². The van der Waals surface area contributed by atoms with Gasteiger partial charge in [0.25, 0.3) is 0 Å². The van der Waals surface area contributed by atoms with Crippen molar-refractivity contribution in [2.45, 2.75) is 18.9 Å². The Balaban J connectivity index is 2.00. The van der Waals surface area contributed by atoms with Gasteiger partial charge in [0.15, 0.2) is 11.4 Å². The predicted molar refractivity (Wildman–Crippen MR) is 86.3 cm³/mol. The summed E-state index contributed by atoms with van der Waals surface area (Å²) in [5.74, 6) is -1.55. The zero-order valence-corrected chi connectivity index (χ0v) is 13.0. The summed E-state index contributed by atoms with van der Waals surface area (Å²) in [6.07, 6.45) is 0.743. The van der Waals surface area contributed by atoms with Gasteiger partial charge in [0, 0.05) is 18.4 Å². The van der Waals surface area contributed by atoms with Crippen LogP contribution in [0.2, 0.25) is 0 Å². The molecule has 1 aliphatic rings. The largest absolute Gasteiger partial charge is 0.477 e. The molecule has 124 valence electrons. The molecule has 25 heavy (non-hydrogen) atoms. The normalized spacial score (nSPS) is 18.5.